The molecule has 0 fully saturated rings. The summed E-state index contributed by atoms with van der Waals surface area (Å²) >= 11 is 1.40. The van der Waals surface area contributed by atoms with E-state index in [1.54, 1.807) is 42.5 Å². The van der Waals surface area contributed by atoms with Crippen LogP contribution in [0.5, 0.6) is 5.75 Å². The molecule has 1 aliphatic carbocycles. The average Bonchev–Trinajstić information content (AvgIpc) is 2.59. The van der Waals surface area contributed by atoms with Gasteiger partial charge in [0.15, 0.2) is 9.84 Å². The van der Waals surface area contributed by atoms with Crippen LogP contribution in [0.1, 0.15) is 25.0 Å². The third kappa shape index (κ3) is 3.57. The lowest BCUT2D eigenvalue weighted by Crippen LogP contribution is -2.52. The Balaban J connectivity index is 1.81. The molecule has 134 valence electrons. The van der Waals surface area contributed by atoms with Crippen LogP contribution in [-0.4, -0.2) is 29.9 Å². The molecule has 3 N–H and O–H groups in total. The fourth-order valence-corrected chi connectivity index (χ4v) is 6.74. The van der Waals surface area contributed by atoms with Gasteiger partial charge < -0.3 is 10.8 Å². The third-order valence-corrected chi connectivity index (χ3v) is 8.65. The van der Waals surface area contributed by atoms with Gasteiger partial charge >= 0.3 is 0 Å². The zero-order chi connectivity index (χ0) is 18.2. The van der Waals surface area contributed by atoms with Crippen molar-refractivity contribution in [2.24, 2.45) is 5.73 Å². The number of hydrogen-bond acceptors (Lipinski definition) is 5. The van der Waals surface area contributed by atoms with Crippen molar-refractivity contribution in [3.63, 3.8) is 0 Å². The van der Waals surface area contributed by atoms with E-state index in [2.05, 4.69) is 0 Å². The highest BCUT2D eigenvalue weighted by Crippen LogP contribution is 2.42. The molecule has 2 aromatic rings. The van der Waals surface area contributed by atoms with E-state index in [0.717, 1.165) is 11.1 Å². The van der Waals surface area contributed by atoms with Gasteiger partial charge in [-0.15, -0.1) is 11.8 Å². The quantitative estimate of drug-likeness (QED) is 0.856. The van der Waals surface area contributed by atoms with Crippen molar-refractivity contribution < 1.29 is 13.5 Å². The second-order valence-corrected chi connectivity index (χ2v) is 10.6. The lowest BCUT2D eigenvalue weighted by atomic mass is 9.69. The first-order chi connectivity index (χ1) is 11.7. The van der Waals surface area contributed by atoms with Gasteiger partial charge in [0.05, 0.1) is 4.90 Å². The molecular formula is C19H23NO3S2. The number of rotatable bonds is 4. The number of thioether (sulfide) groups is 1. The van der Waals surface area contributed by atoms with Crippen molar-refractivity contribution in [2.75, 3.05) is 5.08 Å². The SMILES string of the molecule is CC1(C)c2cc(O)ccc2CC(SCS(=O)(=O)c2ccccc2)C1N. The van der Waals surface area contributed by atoms with Gasteiger partial charge in [0, 0.05) is 16.7 Å². The zero-order valence-corrected chi connectivity index (χ0v) is 16.0. The normalized spacial score (nSPS) is 22.4. The van der Waals surface area contributed by atoms with Gasteiger partial charge in [0.2, 0.25) is 0 Å². The minimum atomic E-state index is -3.34. The summed E-state index contributed by atoms with van der Waals surface area (Å²) in [6, 6.07) is 13.7. The molecule has 0 saturated carbocycles. The van der Waals surface area contributed by atoms with Crippen molar-refractivity contribution >= 4 is 21.6 Å². The van der Waals surface area contributed by atoms with Crippen molar-refractivity contribution in [1.82, 2.24) is 0 Å². The van der Waals surface area contributed by atoms with Gasteiger partial charge in [0.25, 0.3) is 0 Å². The Morgan fingerprint density at radius 2 is 1.88 bits per heavy atom. The first-order valence-electron chi connectivity index (χ1n) is 8.19. The predicted molar refractivity (Wildman–Crippen MR) is 103 cm³/mol. The van der Waals surface area contributed by atoms with E-state index in [1.807, 2.05) is 19.9 Å². The molecule has 0 radical (unpaired) electrons. The van der Waals surface area contributed by atoms with Gasteiger partial charge in [-0.25, -0.2) is 8.42 Å². The fraction of sp³-hybridized carbons (Fsp3) is 0.368. The number of phenolic OH excluding ortho intramolecular Hbond substituents is 1. The van der Waals surface area contributed by atoms with E-state index in [1.165, 1.54) is 11.8 Å². The van der Waals surface area contributed by atoms with E-state index in [-0.39, 0.29) is 27.5 Å². The summed E-state index contributed by atoms with van der Waals surface area (Å²) in [5.41, 5.74) is 8.33. The van der Waals surface area contributed by atoms with Crippen LogP contribution >= 0.6 is 11.8 Å². The largest absolute Gasteiger partial charge is 0.508 e. The smallest absolute Gasteiger partial charge is 0.187 e. The van der Waals surface area contributed by atoms with Gasteiger partial charge in [-0.3, -0.25) is 0 Å². The zero-order valence-electron chi connectivity index (χ0n) is 14.3. The van der Waals surface area contributed by atoms with Crippen LogP contribution in [0.25, 0.3) is 0 Å². The Morgan fingerprint density at radius 3 is 2.56 bits per heavy atom. The molecule has 25 heavy (non-hydrogen) atoms. The summed E-state index contributed by atoms with van der Waals surface area (Å²) in [7, 11) is -3.34. The van der Waals surface area contributed by atoms with E-state index in [0.29, 0.717) is 11.3 Å². The Morgan fingerprint density at radius 1 is 1.20 bits per heavy atom. The van der Waals surface area contributed by atoms with Crippen LogP contribution in [0.2, 0.25) is 0 Å². The Labute approximate surface area is 153 Å². The van der Waals surface area contributed by atoms with Gasteiger partial charge in [0.1, 0.15) is 10.8 Å². The molecule has 6 heteroatoms. The number of benzene rings is 2. The molecule has 0 aliphatic heterocycles. The molecule has 0 amide bonds. The number of hydrogen-bond donors (Lipinski definition) is 2. The molecule has 0 heterocycles. The maximum atomic E-state index is 12.5. The summed E-state index contributed by atoms with van der Waals surface area (Å²) in [5.74, 6) is 0.233. The molecule has 0 aromatic heterocycles. The minimum absolute atomic E-state index is 0.00512. The summed E-state index contributed by atoms with van der Waals surface area (Å²) < 4.78 is 25.1. The van der Waals surface area contributed by atoms with E-state index in [4.69, 9.17) is 5.73 Å². The van der Waals surface area contributed by atoms with Gasteiger partial charge in [-0.05, 0) is 41.8 Å². The molecular weight excluding hydrogens is 354 g/mol. The maximum absolute atomic E-state index is 12.5. The molecule has 1 aliphatic rings. The summed E-state index contributed by atoms with van der Waals surface area (Å²) in [6.45, 7) is 4.10. The highest BCUT2D eigenvalue weighted by molar-refractivity contribution is 8.12. The number of sulfone groups is 1. The second kappa shape index (κ2) is 6.67. The van der Waals surface area contributed by atoms with E-state index < -0.39 is 9.84 Å². The van der Waals surface area contributed by atoms with E-state index in [9.17, 15) is 13.5 Å². The van der Waals surface area contributed by atoms with Crippen LogP contribution in [-0.2, 0) is 21.7 Å². The number of nitrogens with two attached hydrogens (primary N) is 1. The lowest BCUT2D eigenvalue weighted by Gasteiger charge is -2.43. The highest BCUT2D eigenvalue weighted by atomic mass is 32.3. The van der Waals surface area contributed by atoms with Crippen molar-refractivity contribution in [3.8, 4) is 5.75 Å². The average molecular weight is 378 g/mol. The van der Waals surface area contributed by atoms with Crippen LogP contribution in [0.4, 0.5) is 0 Å². The molecule has 3 rings (SSSR count). The molecule has 4 nitrogen and oxygen atoms in total. The molecule has 2 atom stereocenters. The van der Waals surface area contributed by atoms with Crippen molar-refractivity contribution in [2.45, 2.75) is 41.9 Å². The first-order valence-corrected chi connectivity index (χ1v) is 10.9. The second-order valence-electron chi connectivity index (χ2n) is 7.04. The maximum Gasteiger partial charge on any atom is 0.187 e. The van der Waals surface area contributed by atoms with Gasteiger partial charge in [-0.1, -0.05) is 38.1 Å². The summed E-state index contributed by atoms with van der Waals surface area (Å²) in [4.78, 5) is 0.344. The highest BCUT2D eigenvalue weighted by Gasteiger charge is 2.41. The van der Waals surface area contributed by atoms with Crippen LogP contribution in [0.15, 0.2) is 53.4 Å². The summed E-state index contributed by atoms with van der Waals surface area (Å²) in [6.07, 6.45) is 0.704. The van der Waals surface area contributed by atoms with Crippen LogP contribution in [0, 0.1) is 0 Å². The third-order valence-electron chi connectivity index (χ3n) is 4.98. The number of fused-ring (bicyclic) bond motifs is 1. The van der Waals surface area contributed by atoms with Crippen molar-refractivity contribution in [3.05, 3.63) is 59.7 Å². The van der Waals surface area contributed by atoms with Crippen LogP contribution < -0.4 is 5.73 Å². The minimum Gasteiger partial charge on any atom is -0.508 e. The topological polar surface area (TPSA) is 80.4 Å². The summed E-state index contributed by atoms with van der Waals surface area (Å²) in [5, 5.41) is 9.80. The Hall–Kier alpha value is -1.50. The molecule has 2 aromatic carbocycles. The molecule has 0 spiro atoms. The number of phenols is 1. The Kier molecular flexibility index (Phi) is 4.88. The van der Waals surface area contributed by atoms with Crippen LogP contribution in [0.3, 0.4) is 0 Å². The predicted octanol–water partition coefficient (Wildman–Crippen LogP) is 3.09. The van der Waals surface area contributed by atoms with Crippen molar-refractivity contribution in [1.29, 1.82) is 0 Å². The first kappa shape index (κ1) is 18.3. The Bertz CT molecular complexity index is 863. The standard InChI is InChI=1S/C19H23NO3S2/c1-19(2)16-11-14(21)9-8-13(16)10-17(18(19)20)24-12-25(22,23)15-6-4-3-5-7-15/h3-9,11,17-18,21H,10,12,20H2,1-2H3. The fourth-order valence-electron chi connectivity index (χ4n) is 3.37. The monoisotopic (exact) mass is 377 g/mol. The number of aromatic hydroxyl groups is 1. The van der Waals surface area contributed by atoms with Gasteiger partial charge in [-0.2, -0.15) is 0 Å². The molecule has 0 bridgehead atoms. The van der Waals surface area contributed by atoms with E-state index >= 15 is 0 Å². The molecule has 0 saturated heterocycles. The lowest BCUT2D eigenvalue weighted by molar-refractivity contribution is 0.369. The molecule has 2 unspecified atom stereocenters.